The summed E-state index contributed by atoms with van der Waals surface area (Å²) in [7, 11) is 1.74. The van der Waals surface area contributed by atoms with E-state index in [4.69, 9.17) is 4.74 Å². The van der Waals surface area contributed by atoms with Crippen molar-refractivity contribution in [1.82, 2.24) is 9.78 Å². The fourth-order valence-corrected chi connectivity index (χ4v) is 2.43. The number of rotatable bonds is 3. The van der Waals surface area contributed by atoms with Crippen molar-refractivity contribution in [1.29, 1.82) is 0 Å². The monoisotopic (exact) mass is 300 g/mol. The van der Waals surface area contributed by atoms with E-state index in [1.54, 1.807) is 25.6 Å². The maximum absolute atomic E-state index is 12.4. The van der Waals surface area contributed by atoms with Gasteiger partial charge in [0.15, 0.2) is 0 Å². The molecule has 1 heterocycles. The minimum Gasteiger partial charge on any atom is -0.420 e. The number of ether oxygens (including phenoxy) is 1. The van der Waals surface area contributed by atoms with Gasteiger partial charge < -0.3 is 4.74 Å². The summed E-state index contributed by atoms with van der Waals surface area (Å²) in [5, 5.41) is 4.16. The van der Waals surface area contributed by atoms with Crippen LogP contribution in [0.4, 0.5) is 0 Å². The second-order valence-corrected chi connectivity index (χ2v) is 5.54. The van der Waals surface area contributed by atoms with E-state index in [1.807, 2.05) is 32.9 Å². The Morgan fingerprint density at radius 3 is 2.18 bits per heavy atom. The van der Waals surface area contributed by atoms with Crippen molar-refractivity contribution >= 4 is 11.8 Å². The van der Waals surface area contributed by atoms with Gasteiger partial charge in [0.2, 0.25) is 0 Å². The minimum atomic E-state index is -0.879. The smallest absolute Gasteiger partial charge is 0.385 e. The summed E-state index contributed by atoms with van der Waals surface area (Å²) in [5.74, 6) is -1.09. The van der Waals surface area contributed by atoms with Gasteiger partial charge in [-0.2, -0.15) is 5.10 Å². The molecule has 2 rings (SSSR count). The van der Waals surface area contributed by atoms with Crippen molar-refractivity contribution in [2.24, 2.45) is 7.05 Å². The molecule has 0 amide bonds. The highest BCUT2D eigenvalue weighted by molar-refractivity contribution is 6.41. The normalized spacial score (nSPS) is 10.6. The highest BCUT2D eigenvalue weighted by Gasteiger charge is 2.26. The maximum Gasteiger partial charge on any atom is 0.385 e. The number of Topliss-reactive ketones (excluding diaryl/α,β-unsaturated/α-hetero) is 1. The van der Waals surface area contributed by atoms with Crippen LogP contribution in [-0.4, -0.2) is 21.5 Å². The van der Waals surface area contributed by atoms with E-state index in [0.717, 1.165) is 16.7 Å². The van der Waals surface area contributed by atoms with Crippen LogP contribution in [0.5, 0.6) is 5.75 Å². The molecule has 116 valence electrons. The Morgan fingerprint density at radius 2 is 1.64 bits per heavy atom. The molecule has 0 aliphatic heterocycles. The molecule has 2 aromatic rings. The van der Waals surface area contributed by atoms with Crippen molar-refractivity contribution in [3.8, 4) is 5.75 Å². The first-order valence-electron chi connectivity index (χ1n) is 7.07. The zero-order chi connectivity index (χ0) is 16.6. The Morgan fingerprint density at radius 1 is 1.05 bits per heavy atom. The molecule has 0 N–H and O–H groups in total. The summed E-state index contributed by atoms with van der Waals surface area (Å²) >= 11 is 0. The number of nitrogens with zero attached hydrogens (tertiary/aromatic N) is 2. The number of ketones is 1. The van der Waals surface area contributed by atoms with Gasteiger partial charge in [-0.15, -0.1) is 0 Å². The van der Waals surface area contributed by atoms with Crippen LogP contribution >= 0.6 is 0 Å². The molecule has 0 saturated carbocycles. The van der Waals surface area contributed by atoms with Crippen molar-refractivity contribution in [2.75, 3.05) is 0 Å². The summed E-state index contributed by atoms with van der Waals surface area (Å²) < 4.78 is 6.95. The molecule has 0 unspecified atom stereocenters. The van der Waals surface area contributed by atoms with Crippen molar-refractivity contribution in [3.05, 3.63) is 45.8 Å². The van der Waals surface area contributed by atoms with Gasteiger partial charge in [-0.3, -0.25) is 9.48 Å². The summed E-state index contributed by atoms with van der Waals surface area (Å²) in [4.78, 5) is 24.6. The first-order valence-corrected chi connectivity index (χ1v) is 7.07. The van der Waals surface area contributed by atoms with E-state index in [1.165, 1.54) is 0 Å². The summed E-state index contributed by atoms with van der Waals surface area (Å²) in [6.45, 7) is 9.11. The molecule has 0 radical (unpaired) electrons. The lowest BCUT2D eigenvalue weighted by atomic mass is 10.1. The van der Waals surface area contributed by atoms with Gasteiger partial charge >= 0.3 is 5.97 Å². The molecule has 1 aromatic heterocycles. The third-order valence-corrected chi connectivity index (χ3v) is 3.99. The van der Waals surface area contributed by atoms with Crippen LogP contribution in [0.2, 0.25) is 0 Å². The topological polar surface area (TPSA) is 61.2 Å². The van der Waals surface area contributed by atoms with Gasteiger partial charge in [0.05, 0.1) is 11.3 Å². The van der Waals surface area contributed by atoms with Crippen LogP contribution in [0.3, 0.4) is 0 Å². The van der Waals surface area contributed by atoms with Gasteiger partial charge in [0.25, 0.3) is 5.78 Å². The SMILES string of the molecule is Cc1ccc(C)c(OC(=O)C(=O)c2c(C)nn(C)c2C)c1C. The molecule has 0 fully saturated rings. The molecule has 0 bridgehead atoms. The number of esters is 1. The molecular formula is C17H20N2O3. The average Bonchev–Trinajstić information content (AvgIpc) is 2.71. The third-order valence-electron chi connectivity index (χ3n) is 3.99. The Hall–Kier alpha value is -2.43. The van der Waals surface area contributed by atoms with Crippen molar-refractivity contribution < 1.29 is 14.3 Å². The predicted molar refractivity (Wildman–Crippen MR) is 83.3 cm³/mol. The van der Waals surface area contributed by atoms with Gasteiger partial charge in [-0.25, -0.2) is 4.79 Å². The van der Waals surface area contributed by atoms with Crippen molar-refractivity contribution in [3.63, 3.8) is 0 Å². The van der Waals surface area contributed by atoms with Crippen LogP contribution in [0, 0.1) is 34.6 Å². The minimum absolute atomic E-state index is 0.315. The zero-order valence-electron chi connectivity index (χ0n) is 13.8. The highest BCUT2D eigenvalue weighted by atomic mass is 16.5. The number of aryl methyl sites for hydroxylation is 4. The number of benzene rings is 1. The highest BCUT2D eigenvalue weighted by Crippen LogP contribution is 2.26. The molecule has 0 aliphatic carbocycles. The van der Waals surface area contributed by atoms with Crippen molar-refractivity contribution in [2.45, 2.75) is 34.6 Å². The molecule has 0 aliphatic rings. The lowest BCUT2D eigenvalue weighted by Gasteiger charge is -2.12. The van der Waals surface area contributed by atoms with E-state index in [9.17, 15) is 9.59 Å². The fraction of sp³-hybridized carbons (Fsp3) is 0.353. The quantitative estimate of drug-likeness (QED) is 0.378. The first kappa shape index (κ1) is 15.9. The number of aromatic nitrogens is 2. The van der Waals surface area contributed by atoms with Crippen LogP contribution in [0.15, 0.2) is 12.1 Å². The second kappa shape index (κ2) is 5.75. The fourth-order valence-electron chi connectivity index (χ4n) is 2.43. The molecule has 22 heavy (non-hydrogen) atoms. The summed E-state index contributed by atoms with van der Waals surface area (Å²) in [6.07, 6.45) is 0. The molecule has 0 saturated heterocycles. The van der Waals surface area contributed by atoms with Crippen LogP contribution < -0.4 is 4.74 Å². The molecule has 5 nitrogen and oxygen atoms in total. The zero-order valence-corrected chi connectivity index (χ0v) is 13.8. The Balaban J connectivity index is 2.34. The molecule has 5 heteroatoms. The van der Waals surface area contributed by atoms with E-state index in [-0.39, 0.29) is 0 Å². The molecule has 1 aromatic carbocycles. The number of hydrogen-bond acceptors (Lipinski definition) is 4. The Bertz CT molecular complexity index is 773. The largest absolute Gasteiger partial charge is 0.420 e. The van der Waals surface area contributed by atoms with Crippen LogP contribution in [0.1, 0.15) is 38.4 Å². The molecule has 0 spiro atoms. The number of carbonyl (C=O) groups is 2. The maximum atomic E-state index is 12.4. The van der Waals surface area contributed by atoms with Gasteiger partial charge in [-0.05, 0) is 51.3 Å². The second-order valence-electron chi connectivity index (χ2n) is 5.54. The van der Waals surface area contributed by atoms with E-state index in [0.29, 0.717) is 22.7 Å². The number of hydrogen-bond donors (Lipinski definition) is 0. The van der Waals surface area contributed by atoms with E-state index in [2.05, 4.69) is 5.10 Å². The first-order chi connectivity index (χ1) is 10.2. The number of carbonyl (C=O) groups excluding carboxylic acids is 2. The Labute approximate surface area is 129 Å². The van der Waals surface area contributed by atoms with Gasteiger partial charge in [0.1, 0.15) is 5.75 Å². The van der Waals surface area contributed by atoms with Crippen LogP contribution in [0.25, 0.3) is 0 Å². The standard InChI is InChI=1S/C17H20N2O3/c1-9-7-8-10(2)16(11(9)3)22-17(21)15(20)14-12(4)18-19(6)13(14)5/h7-8H,1-6H3. The molecule has 0 atom stereocenters. The summed E-state index contributed by atoms with van der Waals surface area (Å²) in [5.41, 5.74) is 4.19. The predicted octanol–water partition coefficient (Wildman–Crippen LogP) is 2.75. The molecular weight excluding hydrogens is 280 g/mol. The van der Waals surface area contributed by atoms with Gasteiger partial charge in [-0.1, -0.05) is 12.1 Å². The lowest BCUT2D eigenvalue weighted by Crippen LogP contribution is -2.22. The summed E-state index contributed by atoms with van der Waals surface area (Å²) in [6, 6.07) is 3.83. The van der Waals surface area contributed by atoms with E-state index >= 15 is 0 Å². The third kappa shape index (κ3) is 2.66. The van der Waals surface area contributed by atoms with Crippen LogP contribution in [-0.2, 0) is 11.8 Å². The lowest BCUT2D eigenvalue weighted by molar-refractivity contribution is -0.129. The average molecular weight is 300 g/mol. The van der Waals surface area contributed by atoms with E-state index < -0.39 is 11.8 Å². The van der Waals surface area contributed by atoms with Gasteiger partial charge in [0, 0.05) is 12.7 Å². The Kier molecular flexibility index (Phi) is 4.17.